The van der Waals surface area contributed by atoms with E-state index >= 15 is 0 Å². The average Bonchev–Trinajstić information content (AvgIpc) is 2.98. The number of amides is 1. The Morgan fingerprint density at radius 1 is 1.20 bits per heavy atom. The predicted molar refractivity (Wildman–Crippen MR) is 85.0 cm³/mol. The number of nitrogens with one attached hydrogen (secondary N) is 2. The maximum absolute atomic E-state index is 11.9. The maximum atomic E-state index is 11.9. The van der Waals surface area contributed by atoms with Gasteiger partial charge >= 0.3 is 0 Å². The lowest BCUT2D eigenvalue weighted by Gasteiger charge is -2.16. The lowest BCUT2D eigenvalue weighted by Crippen LogP contribution is -2.31. The topological polar surface area (TPSA) is 41.1 Å². The predicted octanol–water partition coefficient (Wildman–Crippen LogP) is 3.82. The van der Waals surface area contributed by atoms with E-state index in [9.17, 15) is 4.79 Å². The number of benzene rings is 1. The molecule has 2 N–H and O–H groups in total. The van der Waals surface area contributed by atoms with Crippen molar-refractivity contribution in [1.29, 1.82) is 0 Å². The summed E-state index contributed by atoms with van der Waals surface area (Å²) >= 11 is 1.73. The Hall–Kier alpha value is -1.65. The van der Waals surface area contributed by atoms with Crippen LogP contribution in [0.3, 0.4) is 0 Å². The monoisotopic (exact) mass is 288 g/mol. The highest BCUT2D eigenvalue weighted by molar-refractivity contribution is 7.10. The third-order valence-corrected chi connectivity index (χ3v) is 4.02. The fourth-order valence-electron chi connectivity index (χ4n) is 2.07. The Kier molecular flexibility index (Phi) is 5.77. The molecule has 2 rings (SSSR count). The van der Waals surface area contributed by atoms with E-state index in [1.807, 2.05) is 36.4 Å². The Bertz CT molecular complexity index is 511. The van der Waals surface area contributed by atoms with Crippen LogP contribution >= 0.6 is 11.3 Å². The van der Waals surface area contributed by atoms with Gasteiger partial charge in [0.15, 0.2) is 0 Å². The molecule has 3 nitrogen and oxygen atoms in total. The van der Waals surface area contributed by atoms with Crippen LogP contribution in [0.15, 0.2) is 47.8 Å². The van der Waals surface area contributed by atoms with Gasteiger partial charge in [0, 0.05) is 16.6 Å². The van der Waals surface area contributed by atoms with Crippen molar-refractivity contribution in [3.05, 3.63) is 52.7 Å². The summed E-state index contributed by atoms with van der Waals surface area (Å²) in [6.07, 6.45) is 2.13. The van der Waals surface area contributed by atoms with Gasteiger partial charge in [0.25, 0.3) is 0 Å². The summed E-state index contributed by atoms with van der Waals surface area (Å²) in [5.41, 5.74) is 0.836. The fraction of sp³-hybridized carbons (Fsp3) is 0.312. The van der Waals surface area contributed by atoms with Crippen LogP contribution in [0.4, 0.5) is 5.69 Å². The number of anilines is 1. The van der Waals surface area contributed by atoms with E-state index in [0.717, 1.165) is 18.5 Å². The van der Waals surface area contributed by atoms with Gasteiger partial charge in [-0.15, -0.1) is 11.3 Å². The highest BCUT2D eigenvalue weighted by Gasteiger charge is 2.12. The van der Waals surface area contributed by atoms with Gasteiger partial charge < -0.3 is 10.6 Å². The lowest BCUT2D eigenvalue weighted by molar-refractivity contribution is -0.115. The second-order valence-electron chi connectivity index (χ2n) is 4.65. The van der Waals surface area contributed by atoms with E-state index in [0.29, 0.717) is 6.54 Å². The van der Waals surface area contributed by atoms with Crippen molar-refractivity contribution in [1.82, 2.24) is 5.32 Å². The summed E-state index contributed by atoms with van der Waals surface area (Å²) in [5, 5.41) is 8.30. The minimum atomic E-state index is -0.00569. The van der Waals surface area contributed by atoms with Crippen molar-refractivity contribution in [2.75, 3.05) is 11.9 Å². The zero-order valence-electron chi connectivity index (χ0n) is 11.6. The molecule has 0 aliphatic heterocycles. The van der Waals surface area contributed by atoms with Crippen molar-refractivity contribution < 1.29 is 4.79 Å². The van der Waals surface area contributed by atoms with E-state index < -0.39 is 0 Å². The minimum absolute atomic E-state index is 0.00569. The Morgan fingerprint density at radius 2 is 2.00 bits per heavy atom. The summed E-state index contributed by atoms with van der Waals surface area (Å²) in [6.45, 7) is 2.49. The van der Waals surface area contributed by atoms with Crippen LogP contribution in [0.1, 0.15) is 30.7 Å². The molecule has 106 valence electrons. The number of carbonyl (C=O) groups is 1. The molecule has 0 radical (unpaired) electrons. The number of para-hydroxylation sites is 1. The summed E-state index contributed by atoms with van der Waals surface area (Å²) in [6, 6.07) is 14.0. The lowest BCUT2D eigenvalue weighted by atomic mass is 10.1. The first-order chi connectivity index (χ1) is 9.79. The zero-order chi connectivity index (χ0) is 14.2. The first kappa shape index (κ1) is 14.8. The van der Waals surface area contributed by atoms with Gasteiger partial charge in [-0.1, -0.05) is 37.6 Å². The van der Waals surface area contributed by atoms with Gasteiger partial charge in [-0.05, 0) is 30.0 Å². The number of rotatable bonds is 7. The SMILES string of the molecule is CCCC(NCC(=O)Nc1ccccc1)c1cccs1. The third-order valence-electron chi connectivity index (χ3n) is 3.03. The van der Waals surface area contributed by atoms with E-state index in [4.69, 9.17) is 0 Å². The van der Waals surface area contributed by atoms with Crippen molar-refractivity contribution in [3.63, 3.8) is 0 Å². The van der Waals surface area contributed by atoms with Crippen molar-refractivity contribution in [2.45, 2.75) is 25.8 Å². The molecule has 1 aromatic heterocycles. The van der Waals surface area contributed by atoms with E-state index in [1.54, 1.807) is 11.3 Å². The van der Waals surface area contributed by atoms with Crippen LogP contribution < -0.4 is 10.6 Å². The van der Waals surface area contributed by atoms with E-state index in [-0.39, 0.29) is 11.9 Å². The summed E-state index contributed by atoms with van der Waals surface area (Å²) in [5.74, 6) is -0.00569. The first-order valence-electron chi connectivity index (χ1n) is 6.91. The van der Waals surface area contributed by atoms with Crippen molar-refractivity contribution in [2.24, 2.45) is 0 Å². The van der Waals surface area contributed by atoms with Gasteiger partial charge in [-0.25, -0.2) is 0 Å². The van der Waals surface area contributed by atoms with Gasteiger partial charge in [0.05, 0.1) is 6.54 Å². The number of carbonyl (C=O) groups excluding carboxylic acids is 1. The quantitative estimate of drug-likeness (QED) is 0.813. The number of hydrogen-bond acceptors (Lipinski definition) is 3. The van der Waals surface area contributed by atoms with Crippen LogP contribution in [0.25, 0.3) is 0 Å². The molecule has 1 amide bonds. The summed E-state index contributed by atoms with van der Waals surface area (Å²) in [4.78, 5) is 13.2. The van der Waals surface area contributed by atoms with Crippen LogP contribution in [-0.2, 0) is 4.79 Å². The molecule has 20 heavy (non-hydrogen) atoms. The Labute approximate surface area is 124 Å². The van der Waals surface area contributed by atoms with Crippen LogP contribution in [-0.4, -0.2) is 12.5 Å². The second-order valence-corrected chi connectivity index (χ2v) is 5.63. The maximum Gasteiger partial charge on any atom is 0.238 e. The van der Waals surface area contributed by atoms with Crippen LogP contribution in [0.2, 0.25) is 0 Å². The molecule has 1 unspecified atom stereocenters. The van der Waals surface area contributed by atoms with Crippen molar-refractivity contribution in [3.8, 4) is 0 Å². The Balaban J connectivity index is 1.85. The number of thiophene rings is 1. The molecular weight excluding hydrogens is 268 g/mol. The molecule has 4 heteroatoms. The zero-order valence-corrected chi connectivity index (χ0v) is 12.5. The van der Waals surface area contributed by atoms with Crippen molar-refractivity contribution >= 4 is 22.9 Å². The highest BCUT2D eigenvalue weighted by atomic mass is 32.1. The molecule has 1 aromatic carbocycles. The molecule has 2 aromatic rings. The molecule has 0 fully saturated rings. The first-order valence-corrected chi connectivity index (χ1v) is 7.79. The third kappa shape index (κ3) is 4.47. The molecule has 0 aliphatic rings. The Morgan fingerprint density at radius 3 is 2.65 bits per heavy atom. The smallest absolute Gasteiger partial charge is 0.238 e. The van der Waals surface area contributed by atoms with E-state index in [2.05, 4.69) is 29.0 Å². The van der Waals surface area contributed by atoms with Crippen LogP contribution in [0, 0.1) is 0 Å². The normalized spacial score (nSPS) is 12.1. The fourth-order valence-corrected chi connectivity index (χ4v) is 2.90. The van der Waals surface area contributed by atoms with Gasteiger partial charge in [0.2, 0.25) is 5.91 Å². The molecule has 0 saturated heterocycles. The van der Waals surface area contributed by atoms with Gasteiger partial charge in [-0.2, -0.15) is 0 Å². The van der Waals surface area contributed by atoms with Gasteiger partial charge in [-0.3, -0.25) is 4.79 Å². The van der Waals surface area contributed by atoms with E-state index in [1.165, 1.54) is 4.88 Å². The summed E-state index contributed by atoms with van der Waals surface area (Å²) in [7, 11) is 0. The molecule has 0 aliphatic carbocycles. The molecular formula is C16H20N2OS. The summed E-state index contributed by atoms with van der Waals surface area (Å²) < 4.78 is 0. The molecule has 0 saturated carbocycles. The molecule has 0 bridgehead atoms. The van der Waals surface area contributed by atoms with Gasteiger partial charge in [0.1, 0.15) is 0 Å². The largest absolute Gasteiger partial charge is 0.325 e. The second kappa shape index (κ2) is 7.82. The highest BCUT2D eigenvalue weighted by Crippen LogP contribution is 2.22. The minimum Gasteiger partial charge on any atom is -0.325 e. The molecule has 1 heterocycles. The molecule has 1 atom stereocenters. The molecule has 0 spiro atoms. The number of hydrogen-bond donors (Lipinski definition) is 2. The standard InChI is InChI=1S/C16H20N2OS/c1-2-7-14(15-10-6-11-20-15)17-12-16(19)18-13-8-4-3-5-9-13/h3-6,8-11,14,17H,2,7,12H2,1H3,(H,18,19). The average molecular weight is 288 g/mol. The van der Waals surface area contributed by atoms with Crippen LogP contribution in [0.5, 0.6) is 0 Å².